The summed E-state index contributed by atoms with van der Waals surface area (Å²) < 4.78 is 5.44. The number of hydrogen-bond acceptors (Lipinski definition) is 6. The van der Waals surface area contributed by atoms with Crippen LogP contribution in [0.5, 0.6) is 0 Å². The topological polar surface area (TPSA) is 77.5 Å². The first-order valence-corrected chi connectivity index (χ1v) is 8.40. The van der Waals surface area contributed by atoms with Crippen molar-refractivity contribution in [2.24, 2.45) is 4.99 Å². The summed E-state index contributed by atoms with van der Waals surface area (Å²) in [7, 11) is 3.50. The number of ether oxygens (including phenoxy) is 1. The molecule has 1 N–H and O–H groups in total. The third kappa shape index (κ3) is 4.75. The first-order chi connectivity index (χ1) is 11.2. The SMILES string of the molecule is CN(C)C(=O)CCNC1=NCC2CN(C(=O)OC(C)(C)C)CCN12. The molecule has 2 heterocycles. The van der Waals surface area contributed by atoms with Crippen LogP contribution in [0.15, 0.2) is 4.99 Å². The van der Waals surface area contributed by atoms with Crippen molar-refractivity contribution in [3.63, 3.8) is 0 Å². The molecule has 2 rings (SSSR count). The summed E-state index contributed by atoms with van der Waals surface area (Å²) >= 11 is 0. The summed E-state index contributed by atoms with van der Waals surface area (Å²) in [5.41, 5.74) is -0.480. The van der Waals surface area contributed by atoms with Crippen LogP contribution in [-0.2, 0) is 9.53 Å². The average molecular weight is 339 g/mol. The maximum absolute atomic E-state index is 12.2. The van der Waals surface area contributed by atoms with Crippen LogP contribution < -0.4 is 5.32 Å². The molecule has 8 nitrogen and oxygen atoms in total. The van der Waals surface area contributed by atoms with Crippen molar-refractivity contribution in [1.82, 2.24) is 20.0 Å². The van der Waals surface area contributed by atoms with E-state index in [9.17, 15) is 9.59 Å². The first-order valence-electron chi connectivity index (χ1n) is 8.40. The molecule has 24 heavy (non-hydrogen) atoms. The Hall–Kier alpha value is -1.99. The second kappa shape index (κ2) is 7.27. The van der Waals surface area contributed by atoms with Crippen LogP contribution >= 0.6 is 0 Å². The van der Waals surface area contributed by atoms with Gasteiger partial charge in [-0.1, -0.05) is 0 Å². The molecule has 2 amide bonds. The Morgan fingerprint density at radius 3 is 2.67 bits per heavy atom. The molecular weight excluding hydrogens is 310 g/mol. The number of guanidine groups is 1. The van der Waals surface area contributed by atoms with Gasteiger partial charge in [0.25, 0.3) is 0 Å². The van der Waals surface area contributed by atoms with Gasteiger partial charge in [0, 0.05) is 46.7 Å². The van der Waals surface area contributed by atoms with Crippen LogP contribution in [-0.4, -0.2) is 91.1 Å². The van der Waals surface area contributed by atoms with Crippen molar-refractivity contribution in [1.29, 1.82) is 0 Å². The standard InChI is InChI=1S/C16H29N5O3/c1-16(2,3)24-15(23)20-8-9-21-12(11-20)10-18-14(21)17-7-6-13(22)19(4)5/h12H,6-11H2,1-5H3,(H,17,18). The van der Waals surface area contributed by atoms with Crippen molar-refractivity contribution in [3.05, 3.63) is 0 Å². The molecule has 1 unspecified atom stereocenters. The number of carbonyl (C=O) groups is 2. The lowest BCUT2D eigenvalue weighted by Crippen LogP contribution is -2.57. The predicted octanol–water partition coefficient (Wildman–Crippen LogP) is 0.345. The van der Waals surface area contributed by atoms with E-state index in [-0.39, 0.29) is 18.0 Å². The molecule has 136 valence electrons. The van der Waals surface area contributed by atoms with Crippen LogP contribution in [0, 0.1) is 0 Å². The van der Waals surface area contributed by atoms with E-state index < -0.39 is 5.60 Å². The predicted molar refractivity (Wildman–Crippen MR) is 91.9 cm³/mol. The molecule has 0 bridgehead atoms. The average Bonchev–Trinajstić information content (AvgIpc) is 2.87. The van der Waals surface area contributed by atoms with E-state index in [2.05, 4.69) is 15.2 Å². The minimum Gasteiger partial charge on any atom is -0.444 e. The van der Waals surface area contributed by atoms with E-state index in [0.29, 0.717) is 32.6 Å². The lowest BCUT2D eigenvalue weighted by molar-refractivity contribution is -0.128. The van der Waals surface area contributed by atoms with Crippen molar-refractivity contribution in [2.45, 2.75) is 38.8 Å². The van der Waals surface area contributed by atoms with Gasteiger partial charge in [0.05, 0.1) is 12.6 Å². The molecule has 1 saturated heterocycles. The zero-order chi connectivity index (χ0) is 17.9. The van der Waals surface area contributed by atoms with Gasteiger partial charge >= 0.3 is 6.09 Å². The molecule has 0 spiro atoms. The van der Waals surface area contributed by atoms with E-state index in [0.717, 1.165) is 12.5 Å². The molecule has 8 heteroatoms. The van der Waals surface area contributed by atoms with E-state index in [1.54, 1.807) is 23.9 Å². The number of fused-ring (bicyclic) bond motifs is 1. The highest BCUT2D eigenvalue weighted by atomic mass is 16.6. The fourth-order valence-corrected chi connectivity index (χ4v) is 2.73. The van der Waals surface area contributed by atoms with Gasteiger partial charge in [-0.25, -0.2) is 4.79 Å². The minimum atomic E-state index is -0.480. The number of carbonyl (C=O) groups excluding carboxylic acids is 2. The van der Waals surface area contributed by atoms with Crippen LogP contribution in [0.25, 0.3) is 0 Å². The van der Waals surface area contributed by atoms with Crippen LogP contribution in [0.4, 0.5) is 4.79 Å². The molecule has 0 aromatic carbocycles. The van der Waals surface area contributed by atoms with E-state index in [1.165, 1.54) is 0 Å². The van der Waals surface area contributed by atoms with Gasteiger partial charge in [0.15, 0.2) is 5.96 Å². The Kier molecular flexibility index (Phi) is 5.56. The fraction of sp³-hybridized carbons (Fsp3) is 0.812. The highest BCUT2D eigenvalue weighted by molar-refractivity contribution is 5.83. The fourth-order valence-electron chi connectivity index (χ4n) is 2.73. The Balaban J connectivity index is 1.80. The van der Waals surface area contributed by atoms with E-state index >= 15 is 0 Å². The summed E-state index contributed by atoms with van der Waals surface area (Å²) in [5, 5.41) is 3.24. The molecule has 1 fully saturated rings. The summed E-state index contributed by atoms with van der Waals surface area (Å²) in [6.45, 7) is 8.78. The maximum Gasteiger partial charge on any atom is 0.410 e. The smallest absolute Gasteiger partial charge is 0.410 e. The third-order valence-electron chi connectivity index (χ3n) is 3.98. The molecule has 0 aromatic rings. The summed E-state index contributed by atoms with van der Waals surface area (Å²) in [6.07, 6.45) is 0.175. The summed E-state index contributed by atoms with van der Waals surface area (Å²) in [5.74, 6) is 0.919. The normalized spacial score (nSPS) is 20.4. The van der Waals surface area contributed by atoms with E-state index in [4.69, 9.17) is 4.74 Å². The number of nitrogens with zero attached hydrogens (tertiary/aromatic N) is 4. The monoisotopic (exact) mass is 339 g/mol. The van der Waals surface area contributed by atoms with Crippen LogP contribution in [0.2, 0.25) is 0 Å². The highest BCUT2D eigenvalue weighted by Gasteiger charge is 2.36. The van der Waals surface area contributed by atoms with Crippen molar-refractivity contribution in [3.8, 4) is 0 Å². The van der Waals surface area contributed by atoms with Crippen molar-refractivity contribution >= 4 is 18.0 Å². The van der Waals surface area contributed by atoms with Gasteiger partial charge in [0.2, 0.25) is 5.91 Å². The molecule has 1 atom stereocenters. The number of piperazine rings is 1. The third-order valence-corrected chi connectivity index (χ3v) is 3.98. The lowest BCUT2D eigenvalue weighted by Gasteiger charge is -2.39. The zero-order valence-corrected chi connectivity index (χ0v) is 15.3. The Labute approximate surface area is 143 Å². The molecule has 2 aliphatic rings. The molecule has 0 saturated carbocycles. The number of amides is 2. The second-order valence-corrected chi connectivity index (χ2v) is 7.40. The quantitative estimate of drug-likeness (QED) is 0.803. The maximum atomic E-state index is 12.2. The molecule has 2 aliphatic heterocycles. The number of rotatable bonds is 3. The Morgan fingerprint density at radius 1 is 1.33 bits per heavy atom. The minimum absolute atomic E-state index is 0.0902. The van der Waals surface area contributed by atoms with E-state index in [1.807, 2.05) is 20.8 Å². The Morgan fingerprint density at radius 2 is 2.04 bits per heavy atom. The molecular formula is C16H29N5O3. The van der Waals surface area contributed by atoms with Crippen molar-refractivity contribution in [2.75, 3.05) is 46.8 Å². The second-order valence-electron chi connectivity index (χ2n) is 7.40. The molecule has 0 aromatic heterocycles. The summed E-state index contributed by atoms with van der Waals surface area (Å²) in [4.78, 5) is 33.8. The molecule has 0 aliphatic carbocycles. The largest absolute Gasteiger partial charge is 0.444 e. The van der Waals surface area contributed by atoms with Gasteiger partial charge < -0.3 is 24.8 Å². The number of hydrogen-bond donors (Lipinski definition) is 1. The van der Waals surface area contributed by atoms with Gasteiger partial charge in [-0.3, -0.25) is 9.79 Å². The first kappa shape index (κ1) is 18.4. The highest BCUT2D eigenvalue weighted by Crippen LogP contribution is 2.18. The van der Waals surface area contributed by atoms with Gasteiger partial charge in [-0.05, 0) is 20.8 Å². The zero-order valence-electron chi connectivity index (χ0n) is 15.3. The number of aliphatic imine (C=N–C) groups is 1. The Bertz CT molecular complexity index is 512. The van der Waals surface area contributed by atoms with Gasteiger partial charge in [-0.2, -0.15) is 0 Å². The van der Waals surface area contributed by atoms with Gasteiger partial charge in [0.1, 0.15) is 5.60 Å². The van der Waals surface area contributed by atoms with Crippen LogP contribution in [0.1, 0.15) is 27.2 Å². The summed E-state index contributed by atoms with van der Waals surface area (Å²) in [6, 6.07) is 0.179. The number of nitrogens with one attached hydrogen (secondary N) is 1. The lowest BCUT2D eigenvalue weighted by atomic mass is 10.2. The van der Waals surface area contributed by atoms with Crippen molar-refractivity contribution < 1.29 is 14.3 Å². The molecule has 0 radical (unpaired) electrons. The van der Waals surface area contributed by atoms with Gasteiger partial charge in [-0.15, -0.1) is 0 Å². The van der Waals surface area contributed by atoms with Crippen LogP contribution in [0.3, 0.4) is 0 Å².